The monoisotopic (exact) mass is 381 g/mol. The first kappa shape index (κ1) is 19.8. The van der Waals surface area contributed by atoms with Crippen LogP contribution in [-0.4, -0.2) is 49.3 Å². The smallest absolute Gasteiger partial charge is 0.355 e. The maximum atomic E-state index is 12.2. The number of nitro benzene ring substituents is 2. The summed E-state index contributed by atoms with van der Waals surface area (Å²) < 4.78 is 14.5. The zero-order valence-corrected chi connectivity index (χ0v) is 14.6. The van der Waals surface area contributed by atoms with Gasteiger partial charge >= 0.3 is 11.9 Å². The predicted octanol–water partition coefficient (Wildman–Crippen LogP) is 1.21. The van der Waals surface area contributed by atoms with Crippen molar-refractivity contribution in [2.45, 2.75) is 6.92 Å². The lowest BCUT2D eigenvalue weighted by Crippen LogP contribution is -2.38. The predicted molar refractivity (Wildman–Crippen MR) is 88.8 cm³/mol. The lowest BCUT2D eigenvalue weighted by molar-refractivity contribution is -0.395. The van der Waals surface area contributed by atoms with E-state index in [0.29, 0.717) is 0 Å². The molecule has 0 spiro atoms. The van der Waals surface area contributed by atoms with E-state index in [1.54, 1.807) is 0 Å². The summed E-state index contributed by atoms with van der Waals surface area (Å²) >= 11 is 0. The van der Waals surface area contributed by atoms with Crippen molar-refractivity contribution in [2.75, 3.05) is 32.5 Å². The van der Waals surface area contributed by atoms with Gasteiger partial charge in [0, 0.05) is 12.1 Å². The minimum absolute atomic E-state index is 0.0829. The van der Waals surface area contributed by atoms with Gasteiger partial charge < -0.3 is 19.1 Å². The van der Waals surface area contributed by atoms with Crippen LogP contribution in [0.5, 0.6) is 0 Å². The van der Waals surface area contributed by atoms with Crippen molar-refractivity contribution in [1.29, 1.82) is 0 Å². The molecule has 1 heterocycles. The van der Waals surface area contributed by atoms with E-state index in [2.05, 4.69) is 9.47 Å². The van der Waals surface area contributed by atoms with Crippen LogP contribution in [0.15, 0.2) is 23.4 Å². The molecule has 0 saturated heterocycles. The normalized spacial score (nSPS) is 14.0. The van der Waals surface area contributed by atoms with Gasteiger partial charge in [-0.15, -0.1) is 0 Å². The van der Waals surface area contributed by atoms with Gasteiger partial charge in [0.25, 0.3) is 11.4 Å². The van der Waals surface area contributed by atoms with Crippen molar-refractivity contribution in [2.24, 2.45) is 0 Å². The molecule has 0 radical (unpaired) electrons. The van der Waals surface area contributed by atoms with Crippen LogP contribution in [0.2, 0.25) is 0 Å². The molecule has 0 fully saturated rings. The minimum atomic E-state index is -0.926. The summed E-state index contributed by atoms with van der Waals surface area (Å²) in [5, 5.41) is 22.6. The third kappa shape index (κ3) is 3.69. The zero-order chi connectivity index (χ0) is 20.3. The standard InChI is InChI=1S/C15H15N3O9/c1-8-11(17(21)22)4-9(5-12(8)18(23)24)16-7-27-6-10(14(19)25-2)13(16)15(20)26-3/h4-5H,6-7H2,1-3H3. The van der Waals surface area contributed by atoms with Crippen molar-refractivity contribution in [3.8, 4) is 0 Å². The number of hydrogen-bond acceptors (Lipinski definition) is 10. The van der Waals surface area contributed by atoms with Crippen LogP contribution in [0.3, 0.4) is 0 Å². The Morgan fingerprint density at radius 2 is 1.59 bits per heavy atom. The number of benzene rings is 1. The second-order valence-corrected chi connectivity index (χ2v) is 5.34. The second-order valence-electron chi connectivity index (χ2n) is 5.34. The Morgan fingerprint density at radius 3 is 2.04 bits per heavy atom. The number of anilines is 1. The molecule has 0 aromatic heterocycles. The summed E-state index contributed by atoms with van der Waals surface area (Å²) in [5.74, 6) is -1.79. The Morgan fingerprint density at radius 1 is 1.07 bits per heavy atom. The number of carbonyl (C=O) groups excluding carboxylic acids is 2. The fraction of sp³-hybridized carbons (Fsp3) is 0.333. The minimum Gasteiger partial charge on any atom is -0.466 e. The quantitative estimate of drug-likeness (QED) is 0.413. The van der Waals surface area contributed by atoms with E-state index in [0.717, 1.165) is 31.3 Å². The number of carbonyl (C=O) groups is 2. The second kappa shape index (κ2) is 7.78. The molecule has 0 amide bonds. The average Bonchev–Trinajstić information content (AvgIpc) is 2.65. The van der Waals surface area contributed by atoms with E-state index in [1.165, 1.54) is 6.92 Å². The van der Waals surface area contributed by atoms with E-state index >= 15 is 0 Å². The Bertz CT molecular complexity index is 827. The molecule has 1 aromatic carbocycles. The van der Waals surface area contributed by atoms with Crippen LogP contribution >= 0.6 is 0 Å². The molecule has 27 heavy (non-hydrogen) atoms. The van der Waals surface area contributed by atoms with E-state index in [1.807, 2.05) is 0 Å². The topological polar surface area (TPSA) is 151 Å². The SMILES string of the molecule is COC(=O)C1=C(C(=O)OC)N(c2cc([N+](=O)[O-])c(C)c([N+](=O)[O-])c2)COC1. The van der Waals surface area contributed by atoms with Gasteiger partial charge in [-0.1, -0.05) is 0 Å². The first-order valence-corrected chi connectivity index (χ1v) is 7.41. The number of methoxy groups -OCH3 is 2. The third-order valence-electron chi connectivity index (χ3n) is 3.88. The Balaban J connectivity index is 2.74. The highest BCUT2D eigenvalue weighted by atomic mass is 16.6. The molecule has 0 N–H and O–H groups in total. The molecular weight excluding hydrogens is 366 g/mol. The highest BCUT2D eigenvalue weighted by Crippen LogP contribution is 2.36. The van der Waals surface area contributed by atoms with Crippen molar-refractivity contribution >= 4 is 29.0 Å². The highest BCUT2D eigenvalue weighted by molar-refractivity contribution is 6.03. The van der Waals surface area contributed by atoms with E-state index in [9.17, 15) is 29.8 Å². The summed E-state index contributed by atoms with van der Waals surface area (Å²) in [7, 11) is 2.18. The summed E-state index contributed by atoms with van der Waals surface area (Å²) in [6, 6.07) is 2.10. The Labute approximate surface area is 152 Å². The first-order valence-electron chi connectivity index (χ1n) is 7.41. The third-order valence-corrected chi connectivity index (χ3v) is 3.88. The van der Waals surface area contributed by atoms with Gasteiger partial charge in [0.15, 0.2) is 0 Å². The molecule has 12 heteroatoms. The van der Waals surface area contributed by atoms with Crippen LogP contribution in [-0.2, 0) is 23.8 Å². The Kier molecular flexibility index (Phi) is 5.70. The maximum Gasteiger partial charge on any atom is 0.355 e. The molecule has 144 valence electrons. The number of esters is 2. The van der Waals surface area contributed by atoms with Gasteiger partial charge in [-0.3, -0.25) is 20.2 Å². The highest BCUT2D eigenvalue weighted by Gasteiger charge is 2.34. The molecule has 0 bridgehead atoms. The molecule has 2 rings (SSSR count). The number of ether oxygens (including phenoxy) is 3. The van der Waals surface area contributed by atoms with E-state index in [4.69, 9.17) is 4.74 Å². The van der Waals surface area contributed by atoms with Crippen molar-refractivity contribution < 1.29 is 33.6 Å². The molecule has 1 aliphatic rings. The molecule has 0 unspecified atom stereocenters. The number of hydrogen-bond donors (Lipinski definition) is 0. The van der Waals surface area contributed by atoms with Gasteiger partial charge in [-0.2, -0.15) is 0 Å². The van der Waals surface area contributed by atoms with Crippen LogP contribution in [0, 0.1) is 27.2 Å². The van der Waals surface area contributed by atoms with Gasteiger partial charge in [0.05, 0.1) is 41.9 Å². The van der Waals surface area contributed by atoms with Crippen molar-refractivity contribution in [3.63, 3.8) is 0 Å². The maximum absolute atomic E-state index is 12.2. The van der Waals surface area contributed by atoms with Gasteiger partial charge in [-0.05, 0) is 6.92 Å². The lowest BCUT2D eigenvalue weighted by atomic mass is 10.1. The van der Waals surface area contributed by atoms with Crippen molar-refractivity contribution in [3.05, 3.63) is 49.2 Å². The van der Waals surface area contributed by atoms with E-state index in [-0.39, 0.29) is 35.9 Å². The van der Waals surface area contributed by atoms with Crippen molar-refractivity contribution in [1.82, 2.24) is 0 Å². The molecule has 12 nitrogen and oxygen atoms in total. The van der Waals surface area contributed by atoms with Gasteiger partial charge in [0.2, 0.25) is 0 Å². The van der Waals surface area contributed by atoms with Crippen LogP contribution in [0.25, 0.3) is 0 Å². The molecule has 0 aliphatic carbocycles. The molecule has 0 atom stereocenters. The zero-order valence-electron chi connectivity index (χ0n) is 14.6. The van der Waals surface area contributed by atoms with E-state index < -0.39 is 33.2 Å². The average molecular weight is 381 g/mol. The summed E-state index contributed by atoms with van der Waals surface area (Å²) in [4.78, 5) is 46.3. The van der Waals surface area contributed by atoms with Crippen LogP contribution in [0.4, 0.5) is 17.1 Å². The first-order chi connectivity index (χ1) is 12.7. The molecule has 0 saturated carbocycles. The molecule has 1 aliphatic heterocycles. The largest absolute Gasteiger partial charge is 0.466 e. The number of nitrogens with zero attached hydrogens (tertiary/aromatic N) is 3. The van der Waals surface area contributed by atoms with Crippen LogP contribution in [0.1, 0.15) is 5.56 Å². The van der Waals surface area contributed by atoms with Crippen LogP contribution < -0.4 is 4.90 Å². The number of rotatable bonds is 5. The van der Waals surface area contributed by atoms with Gasteiger partial charge in [-0.25, -0.2) is 9.59 Å². The number of nitro groups is 2. The summed E-state index contributed by atoms with van der Waals surface area (Å²) in [5.41, 5.74) is -1.73. The summed E-state index contributed by atoms with van der Waals surface area (Å²) in [6.45, 7) is 0.690. The summed E-state index contributed by atoms with van der Waals surface area (Å²) in [6.07, 6.45) is 0. The molecular formula is C15H15N3O9. The molecule has 1 aromatic rings. The Hall–Kier alpha value is -3.54. The lowest BCUT2D eigenvalue weighted by Gasteiger charge is -2.31. The fourth-order valence-corrected chi connectivity index (χ4v) is 2.55. The van der Waals surface area contributed by atoms with Gasteiger partial charge in [0.1, 0.15) is 18.0 Å². The fourth-order valence-electron chi connectivity index (χ4n) is 2.55.